The van der Waals surface area contributed by atoms with Crippen LogP contribution < -0.4 is 5.73 Å². The predicted molar refractivity (Wildman–Crippen MR) is 68.8 cm³/mol. The molecule has 0 saturated heterocycles. The van der Waals surface area contributed by atoms with Gasteiger partial charge in [0, 0.05) is 14.7 Å². The summed E-state index contributed by atoms with van der Waals surface area (Å²) in [6, 6.07) is 5.70. The van der Waals surface area contributed by atoms with Gasteiger partial charge in [0.2, 0.25) is 0 Å². The maximum absolute atomic E-state index is 6.02. The normalized spacial score (nSPS) is 10.6. The zero-order valence-corrected chi connectivity index (χ0v) is 10.8. The smallest absolute Gasteiger partial charge is 0.172 e. The van der Waals surface area contributed by atoms with Gasteiger partial charge in [-0.25, -0.2) is 0 Å². The first-order chi connectivity index (χ1) is 7.09. The molecule has 1 aromatic carbocycles. The molecule has 5 heteroatoms. The summed E-state index contributed by atoms with van der Waals surface area (Å²) in [5.74, 6) is 1.09. The van der Waals surface area contributed by atoms with Crippen LogP contribution in [-0.4, -0.2) is 5.16 Å². The molecule has 0 aliphatic carbocycles. The molecule has 0 radical (unpaired) electrons. The molecular weight excluding hydrogens is 326 g/mol. The first-order valence-corrected chi connectivity index (χ1v) is 5.72. The number of nitrogens with two attached hydrogens (primary N) is 1. The Morgan fingerprint density at radius 3 is 2.73 bits per heavy atom. The number of halogens is 2. The highest BCUT2D eigenvalue weighted by Gasteiger charge is 2.12. The summed E-state index contributed by atoms with van der Waals surface area (Å²) in [5, 5.41) is 4.40. The van der Waals surface area contributed by atoms with Crippen LogP contribution >= 0.6 is 34.2 Å². The highest BCUT2D eigenvalue weighted by molar-refractivity contribution is 14.1. The van der Waals surface area contributed by atoms with Gasteiger partial charge in [-0.3, -0.25) is 0 Å². The van der Waals surface area contributed by atoms with E-state index in [9.17, 15) is 0 Å². The van der Waals surface area contributed by atoms with E-state index < -0.39 is 0 Å². The van der Waals surface area contributed by atoms with Crippen molar-refractivity contribution in [1.82, 2.24) is 5.16 Å². The average molecular weight is 335 g/mol. The minimum Gasteiger partial charge on any atom is -0.381 e. The third kappa shape index (κ3) is 1.96. The second-order valence-corrected chi connectivity index (χ2v) is 4.72. The van der Waals surface area contributed by atoms with Crippen LogP contribution in [0.4, 0.5) is 5.82 Å². The van der Waals surface area contributed by atoms with Gasteiger partial charge in [-0.05, 0) is 47.7 Å². The van der Waals surface area contributed by atoms with Crippen molar-refractivity contribution in [2.24, 2.45) is 0 Å². The van der Waals surface area contributed by atoms with Crippen LogP contribution in [0.1, 0.15) is 5.56 Å². The number of rotatable bonds is 1. The van der Waals surface area contributed by atoms with Crippen molar-refractivity contribution >= 4 is 40.0 Å². The summed E-state index contributed by atoms with van der Waals surface area (Å²) in [5.41, 5.74) is 7.34. The van der Waals surface area contributed by atoms with Crippen LogP contribution in [0.3, 0.4) is 0 Å². The maximum Gasteiger partial charge on any atom is 0.172 e. The quantitative estimate of drug-likeness (QED) is 0.812. The second kappa shape index (κ2) is 4.02. The largest absolute Gasteiger partial charge is 0.381 e. The van der Waals surface area contributed by atoms with Gasteiger partial charge in [0.1, 0.15) is 0 Å². The lowest BCUT2D eigenvalue weighted by molar-refractivity contribution is 0.435. The van der Waals surface area contributed by atoms with Gasteiger partial charge >= 0.3 is 0 Å². The fourth-order valence-electron chi connectivity index (χ4n) is 1.25. The molecule has 1 aromatic heterocycles. The van der Waals surface area contributed by atoms with E-state index in [2.05, 4.69) is 27.7 Å². The second-order valence-electron chi connectivity index (χ2n) is 3.15. The SMILES string of the molecule is Cc1c(N)noc1-c1ccc(I)c(Cl)c1. The molecule has 0 atom stereocenters. The van der Waals surface area contributed by atoms with Crippen LogP contribution in [0.15, 0.2) is 22.7 Å². The lowest BCUT2D eigenvalue weighted by Crippen LogP contribution is -1.86. The van der Waals surface area contributed by atoms with E-state index in [4.69, 9.17) is 21.9 Å². The van der Waals surface area contributed by atoms with Crippen LogP contribution in [-0.2, 0) is 0 Å². The molecule has 78 valence electrons. The molecule has 0 unspecified atom stereocenters. The monoisotopic (exact) mass is 334 g/mol. The Labute approximate surface area is 106 Å². The highest BCUT2D eigenvalue weighted by Crippen LogP contribution is 2.30. The Balaban J connectivity index is 2.55. The third-order valence-electron chi connectivity index (χ3n) is 2.14. The summed E-state index contributed by atoms with van der Waals surface area (Å²) in [4.78, 5) is 0. The molecule has 0 aliphatic heterocycles. The van der Waals surface area contributed by atoms with Gasteiger partial charge in [0.25, 0.3) is 0 Å². The van der Waals surface area contributed by atoms with Crippen molar-refractivity contribution in [3.63, 3.8) is 0 Å². The number of anilines is 1. The molecule has 0 saturated carbocycles. The molecule has 0 fully saturated rings. The Kier molecular flexibility index (Phi) is 2.88. The lowest BCUT2D eigenvalue weighted by Gasteiger charge is -2.00. The number of hydrogen-bond donors (Lipinski definition) is 1. The minimum absolute atomic E-state index is 0.416. The molecule has 0 spiro atoms. The van der Waals surface area contributed by atoms with Crippen LogP contribution in [0, 0.1) is 10.5 Å². The number of nitrogen functional groups attached to an aromatic ring is 1. The number of benzene rings is 1. The Morgan fingerprint density at radius 2 is 2.20 bits per heavy atom. The van der Waals surface area contributed by atoms with Crippen molar-refractivity contribution in [3.8, 4) is 11.3 Å². The molecule has 0 amide bonds. The molecule has 1 heterocycles. The maximum atomic E-state index is 6.02. The van der Waals surface area contributed by atoms with E-state index in [0.717, 1.165) is 14.7 Å². The Bertz CT molecular complexity index is 510. The zero-order chi connectivity index (χ0) is 11.0. The van der Waals surface area contributed by atoms with Crippen LogP contribution in [0.2, 0.25) is 5.02 Å². The fourth-order valence-corrected chi connectivity index (χ4v) is 1.77. The molecule has 3 nitrogen and oxygen atoms in total. The molecule has 2 aromatic rings. The zero-order valence-electron chi connectivity index (χ0n) is 7.92. The van der Waals surface area contributed by atoms with Gasteiger partial charge in [0.15, 0.2) is 11.6 Å². The van der Waals surface area contributed by atoms with E-state index in [1.165, 1.54) is 0 Å². The van der Waals surface area contributed by atoms with E-state index in [-0.39, 0.29) is 0 Å². The van der Waals surface area contributed by atoms with Crippen molar-refractivity contribution < 1.29 is 4.52 Å². The molecule has 0 aliphatic rings. The summed E-state index contributed by atoms with van der Waals surface area (Å²) in [6.07, 6.45) is 0. The van der Waals surface area contributed by atoms with Crippen molar-refractivity contribution in [1.29, 1.82) is 0 Å². The lowest BCUT2D eigenvalue weighted by atomic mass is 10.1. The van der Waals surface area contributed by atoms with Crippen LogP contribution in [0.25, 0.3) is 11.3 Å². The van der Waals surface area contributed by atoms with Crippen molar-refractivity contribution in [3.05, 3.63) is 32.4 Å². The first-order valence-electron chi connectivity index (χ1n) is 4.26. The average Bonchev–Trinajstić information content (AvgIpc) is 2.53. The topological polar surface area (TPSA) is 52.0 Å². The number of nitrogens with zero attached hydrogens (tertiary/aromatic N) is 1. The minimum atomic E-state index is 0.416. The van der Waals surface area contributed by atoms with E-state index in [0.29, 0.717) is 16.6 Å². The van der Waals surface area contributed by atoms with Crippen molar-refractivity contribution in [2.75, 3.05) is 5.73 Å². The standard InChI is InChI=1S/C10H8ClIN2O/c1-5-9(15-14-10(5)13)6-2-3-8(12)7(11)4-6/h2-4H,1H3,(H2,13,14). The molecular formula is C10H8ClIN2O. The van der Waals surface area contributed by atoms with Gasteiger partial charge in [-0.15, -0.1) is 0 Å². The molecule has 2 N–H and O–H groups in total. The van der Waals surface area contributed by atoms with Crippen molar-refractivity contribution in [2.45, 2.75) is 6.92 Å². The third-order valence-corrected chi connectivity index (χ3v) is 3.71. The van der Waals surface area contributed by atoms with E-state index >= 15 is 0 Å². The van der Waals surface area contributed by atoms with Gasteiger partial charge in [-0.1, -0.05) is 16.8 Å². The van der Waals surface area contributed by atoms with Gasteiger partial charge < -0.3 is 10.3 Å². The first kappa shape index (κ1) is 10.8. The Hall–Kier alpha value is -0.750. The predicted octanol–water partition coefficient (Wildman–Crippen LogP) is 3.49. The molecule has 0 bridgehead atoms. The Morgan fingerprint density at radius 1 is 1.47 bits per heavy atom. The van der Waals surface area contributed by atoms with E-state index in [1.807, 2.05) is 25.1 Å². The number of hydrogen-bond acceptors (Lipinski definition) is 3. The number of aromatic nitrogens is 1. The summed E-state index contributed by atoms with van der Waals surface area (Å²) in [7, 11) is 0. The molecule has 2 rings (SSSR count). The summed E-state index contributed by atoms with van der Waals surface area (Å²) in [6.45, 7) is 1.87. The highest BCUT2D eigenvalue weighted by atomic mass is 127. The fraction of sp³-hybridized carbons (Fsp3) is 0.100. The van der Waals surface area contributed by atoms with Gasteiger partial charge in [-0.2, -0.15) is 0 Å². The molecule has 15 heavy (non-hydrogen) atoms. The van der Waals surface area contributed by atoms with Crippen LogP contribution in [0.5, 0.6) is 0 Å². The van der Waals surface area contributed by atoms with E-state index in [1.54, 1.807) is 0 Å². The summed E-state index contributed by atoms with van der Waals surface area (Å²) >= 11 is 8.19. The summed E-state index contributed by atoms with van der Waals surface area (Å²) < 4.78 is 6.14. The van der Waals surface area contributed by atoms with Gasteiger partial charge in [0.05, 0.1) is 5.02 Å².